The Labute approximate surface area is 99.4 Å². The summed E-state index contributed by atoms with van der Waals surface area (Å²) < 4.78 is 12.8. The topological polar surface area (TPSA) is 64.9 Å². The number of carbonyl (C=O) groups excluding carboxylic acids is 1. The van der Waals surface area contributed by atoms with Crippen molar-refractivity contribution in [3.05, 3.63) is 29.6 Å². The summed E-state index contributed by atoms with van der Waals surface area (Å²) in [5.74, 6) is -0.501. The maximum atomic E-state index is 12.8. The van der Waals surface area contributed by atoms with E-state index in [1.165, 1.54) is 12.1 Å². The minimum atomic E-state index is -0.501. The first-order chi connectivity index (χ1) is 8.17. The molecule has 5 heteroatoms. The monoisotopic (exact) mass is 235 g/mol. The van der Waals surface area contributed by atoms with E-state index in [1.54, 1.807) is 0 Å². The summed E-state index contributed by atoms with van der Waals surface area (Å²) in [6, 6.07) is 5.09. The molecule has 0 unspecified atom stereocenters. The second-order valence-electron chi connectivity index (χ2n) is 3.54. The molecule has 0 aromatic heterocycles. The van der Waals surface area contributed by atoms with Gasteiger partial charge in [0.2, 0.25) is 0 Å². The van der Waals surface area contributed by atoms with Gasteiger partial charge in [-0.3, -0.25) is 0 Å². The minimum Gasteiger partial charge on any atom is -0.338 e. The van der Waals surface area contributed by atoms with E-state index in [1.807, 2.05) is 13.0 Å². The average Bonchev–Trinajstić information content (AvgIpc) is 2.32. The van der Waals surface area contributed by atoms with E-state index in [4.69, 9.17) is 5.26 Å². The molecule has 0 heterocycles. The fraction of sp³-hybridized carbons (Fsp3) is 0.333. The van der Waals surface area contributed by atoms with Crippen LogP contribution in [0, 0.1) is 17.1 Å². The molecule has 17 heavy (non-hydrogen) atoms. The van der Waals surface area contributed by atoms with Crippen molar-refractivity contribution in [3.8, 4) is 6.07 Å². The number of hydrogen-bond acceptors (Lipinski definition) is 2. The van der Waals surface area contributed by atoms with Crippen molar-refractivity contribution < 1.29 is 9.18 Å². The van der Waals surface area contributed by atoms with Crippen LogP contribution in [-0.4, -0.2) is 12.6 Å². The van der Waals surface area contributed by atoms with Gasteiger partial charge in [0.1, 0.15) is 11.9 Å². The molecule has 2 amide bonds. The fourth-order valence-electron chi connectivity index (χ4n) is 1.26. The van der Waals surface area contributed by atoms with Crippen molar-refractivity contribution in [2.24, 2.45) is 0 Å². The Morgan fingerprint density at radius 1 is 1.53 bits per heavy atom. The Morgan fingerprint density at radius 2 is 2.29 bits per heavy atom. The summed E-state index contributed by atoms with van der Waals surface area (Å²) in [6.07, 6.45) is 1.88. The van der Waals surface area contributed by atoms with E-state index in [0.29, 0.717) is 12.2 Å². The van der Waals surface area contributed by atoms with Crippen molar-refractivity contribution in [1.29, 1.82) is 5.26 Å². The van der Waals surface area contributed by atoms with E-state index in [0.717, 1.165) is 18.9 Å². The molecule has 0 fully saturated rings. The summed E-state index contributed by atoms with van der Waals surface area (Å²) in [5, 5.41) is 13.9. The van der Waals surface area contributed by atoms with Crippen LogP contribution in [0.1, 0.15) is 25.3 Å². The van der Waals surface area contributed by atoms with Gasteiger partial charge < -0.3 is 10.6 Å². The lowest BCUT2D eigenvalue weighted by Crippen LogP contribution is -2.29. The van der Waals surface area contributed by atoms with Crippen molar-refractivity contribution >= 4 is 11.7 Å². The van der Waals surface area contributed by atoms with Gasteiger partial charge in [0.05, 0.1) is 11.3 Å². The van der Waals surface area contributed by atoms with Gasteiger partial charge in [-0.1, -0.05) is 13.3 Å². The van der Waals surface area contributed by atoms with Crippen LogP contribution in [0.2, 0.25) is 0 Å². The van der Waals surface area contributed by atoms with E-state index >= 15 is 0 Å². The average molecular weight is 235 g/mol. The zero-order valence-corrected chi connectivity index (χ0v) is 9.59. The fourth-order valence-corrected chi connectivity index (χ4v) is 1.26. The smallest absolute Gasteiger partial charge is 0.319 e. The lowest BCUT2D eigenvalue weighted by atomic mass is 10.2. The first-order valence-corrected chi connectivity index (χ1v) is 5.42. The molecule has 0 aliphatic heterocycles. The van der Waals surface area contributed by atoms with Gasteiger partial charge in [0.15, 0.2) is 0 Å². The van der Waals surface area contributed by atoms with Crippen LogP contribution in [0.4, 0.5) is 14.9 Å². The van der Waals surface area contributed by atoms with Gasteiger partial charge in [0.25, 0.3) is 0 Å². The summed E-state index contributed by atoms with van der Waals surface area (Å²) >= 11 is 0. The zero-order chi connectivity index (χ0) is 12.7. The molecule has 1 aromatic rings. The summed E-state index contributed by atoms with van der Waals surface area (Å²) in [5.41, 5.74) is 0.415. The third-order valence-corrected chi connectivity index (χ3v) is 2.17. The number of hydrogen-bond donors (Lipinski definition) is 2. The summed E-state index contributed by atoms with van der Waals surface area (Å²) in [7, 11) is 0. The van der Waals surface area contributed by atoms with E-state index in [2.05, 4.69) is 10.6 Å². The molecule has 0 radical (unpaired) electrons. The number of nitrogens with zero attached hydrogens (tertiary/aromatic N) is 1. The molecule has 0 atom stereocenters. The molecule has 0 saturated carbocycles. The van der Waals surface area contributed by atoms with Gasteiger partial charge in [0, 0.05) is 6.54 Å². The number of benzene rings is 1. The molecule has 0 bridgehead atoms. The number of halogens is 1. The first kappa shape index (κ1) is 13.0. The Kier molecular flexibility index (Phi) is 4.95. The molecule has 90 valence electrons. The van der Waals surface area contributed by atoms with Gasteiger partial charge >= 0.3 is 6.03 Å². The normalized spacial score (nSPS) is 9.47. The summed E-state index contributed by atoms with van der Waals surface area (Å²) in [4.78, 5) is 11.4. The van der Waals surface area contributed by atoms with Gasteiger partial charge in [-0.2, -0.15) is 5.26 Å². The Balaban J connectivity index is 2.62. The summed E-state index contributed by atoms with van der Waals surface area (Å²) in [6.45, 7) is 2.60. The number of anilines is 1. The van der Waals surface area contributed by atoms with Crippen molar-refractivity contribution in [2.75, 3.05) is 11.9 Å². The highest BCUT2D eigenvalue weighted by atomic mass is 19.1. The highest BCUT2D eigenvalue weighted by Gasteiger charge is 2.06. The van der Waals surface area contributed by atoms with Crippen LogP contribution >= 0.6 is 0 Å². The molecule has 1 aromatic carbocycles. The molecule has 1 rings (SSSR count). The van der Waals surface area contributed by atoms with Crippen molar-refractivity contribution in [3.63, 3.8) is 0 Å². The predicted octanol–water partition coefficient (Wildman–Crippen LogP) is 2.62. The van der Waals surface area contributed by atoms with E-state index in [9.17, 15) is 9.18 Å². The van der Waals surface area contributed by atoms with Crippen molar-refractivity contribution in [1.82, 2.24) is 5.32 Å². The van der Waals surface area contributed by atoms with Crippen LogP contribution in [0.25, 0.3) is 0 Å². The lowest BCUT2D eigenvalue weighted by Gasteiger charge is -2.08. The highest BCUT2D eigenvalue weighted by Crippen LogP contribution is 2.15. The molecule has 0 aliphatic rings. The minimum absolute atomic E-state index is 0.107. The second kappa shape index (κ2) is 6.48. The van der Waals surface area contributed by atoms with E-state index in [-0.39, 0.29) is 11.6 Å². The van der Waals surface area contributed by atoms with Crippen LogP contribution < -0.4 is 10.6 Å². The zero-order valence-electron chi connectivity index (χ0n) is 9.59. The Hall–Kier alpha value is -2.09. The predicted molar refractivity (Wildman–Crippen MR) is 63.0 cm³/mol. The van der Waals surface area contributed by atoms with Crippen LogP contribution in [0.15, 0.2) is 18.2 Å². The molecule has 0 saturated heterocycles. The standard InChI is InChI=1S/C12H14FN3O/c1-2-3-6-15-12(17)16-11-5-4-10(13)7-9(11)8-14/h4-5,7H,2-3,6H2,1H3,(H2,15,16,17). The second-order valence-corrected chi connectivity index (χ2v) is 3.54. The third-order valence-electron chi connectivity index (χ3n) is 2.17. The third kappa shape index (κ3) is 4.11. The number of unbranched alkanes of at least 4 members (excludes halogenated alkanes) is 1. The van der Waals surface area contributed by atoms with Crippen molar-refractivity contribution in [2.45, 2.75) is 19.8 Å². The molecular weight excluding hydrogens is 221 g/mol. The highest BCUT2D eigenvalue weighted by molar-refractivity contribution is 5.90. The largest absolute Gasteiger partial charge is 0.338 e. The maximum absolute atomic E-state index is 12.8. The number of nitriles is 1. The molecule has 2 N–H and O–H groups in total. The number of nitrogens with one attached hydrogen (secondary N) is 2. The van der Waals surface area contributed by atoms with Crippen LogP contribution in [0.3, 0.4) is 0 Å². The van der Waals surface area contributed by atoms with Crippen LogP contribution in [0.5, 0.6) is 0 Å². The number of carbonyl (C=O) groups is 1. The number of rotatable bonds is 4. The molecule has 0 aliphatic carbocycles. The van der Waals surface area contributed by atoms with Gasteiger partial charge in [-0.05, 0) is 24.6 Å². The Bertz CT molecular complexity index is 440. The Morgan fingerprint density at radius 3 is 2.94 bits per heavy atom. The number of urea groups is 1. The molecular formula is C12H14FN3O. The van der Waals surface area contributed by atoms with E-state index < -0.39 is 5.82 Å². The first-order valence-electron chi connectivity index (χ1n) is 5.42. The van der Waals surface area contributed by atoms with Gasteiger partial charge in [-0.25, -0.2) is 9.18 Å². The maximum Gasteiger partial charge on any atom is 0.319 e. The van der Waals surface area contributed by atoms with Gasteiger partial charge in [-0.15, -0.1) is 0 Å². The van der Waals surface area contributed by atoms with Crippen LogP contribution in [-0.2, 0) is 0 Å². The SMILES string of the molecule is CCCCNC(=O)Nc1ccc(F)cc1C#N. The molecule has 4 nitrogen and oxygen atoms in total. The molecule has 0 spiro atoms. The quantitative estimate of drug-likeness (QED) is 0.788. The number of amides is 2. The lowest BCUT2D eigenvalue weighted by molar-refractivity contribution is 0.252.